The van der Waals surface area contributed by atoms with Crippen molar-refractivity contribution in [1.82, 2.24) is 5.32 Å². The van der Waals surface area contributed by atoms with E-state index in [1.54, 1.807) is 6.08 Å². The van der Waals surface area contributed by atoms with Crippen molar-refractivity contribution in [3.05, 3.63) is 36.5 Å². The van der Waals surface area contributed by atoms with Crippen molar-refractivity contribution in [2.24, 2.45) is 0 Å². The molecule has 1 aliphatic heterocycles. The van der Waals surface area contributed by atoms with Gasteiger partial charge >= 0.3 is 5.97 Å². The second-order valence-electron chi connectivity index (χ2n) is 26.0. The highest BCUT2D eigenvalue weighted by Crippen LogP contribution is 2.24. The number of hydrogen-bond acceptors (Lipinski definition) is 10. The molecule has 6 N–H and O–H groups in total. The predicted octanol–water partition coefficient (Wildman–Crippen LogP) is 19.4. The van der Waals surface area contributed by atoms with E-state index in [-0.39, 0.29) is 18.5 Å². The van der Waals surface area contributed by atoms with Crippen molar-refractivity contribution < 1.29 is 49.3 Å². The Balaban J connectivity index is 1.88. The van der Waals surface area contributed by atoms with Crippen molar-refractivity contribution in [2.75, 3.05) is 19.8 Å². The zero-order valence-corrected chi connectivity index (χ0v) is 56.3. The van der Waals surface area contributed by atoms with Gasteiger partial charge in [0.05, 0.1) is 32.0 Å². The number of rotatable bonds is 66. The first-order valence-corrected chi connectivity index (χ1v) is 37.3. The number of ether oxygens (including phenoxy) is 3. The van der Waals surface area contributed by atoms with Crippen LogP contribution in [0.1, 0.15) is 367 Å². The molecule has 1 fully saturated rings. The number of aliphatic hydroxyl groups excluding tert-OH is 5. The van der Waals surface area contributed by atoms with Gasteiger partial charge in [0.25, 0.3) is 0 Å². The van der Waals surface area contributed by atoms with Gasteiger partial charge in [-0.2, -0.15) is 0 Å². The van der Waals surface area contributed by atoms with E-state index in [9.17, 15) is 35.1 Å². The van der Waals surface area contributed by atoms with Gasteiger partial charge in [0, 0.05) is 12.8 Å². The number of carbonyl (C=O) groups is 2. The van der Waals surface area contributed by atoms with Crippen LogP contribution >= 0.6 is 0 Å². The van der Waals surface area contributed by atoms with E-state index in [1.165, 1.54) is 276 Å². The summed E-state index contributed by atoms with van der Waals surface area (Å²) in [5.74, 6) is -0.176. The highest BCUT2D eigenvalue weighted by Gasteiger charge is 2.44. The second kappa shape index (κ2) is 64.4. The van der Waals surface area contributed by atoms with Gasteiger partial charge in [-0.3, -0.25) is 9.59 Å². The van der Waals surface area contributed by atoms with Crippen LogP contribution in [0.15, 0.2) is 36.5 Å². The summed E-state index contributed by atoms with van der Waals surface area (Å²) in [6.45, 7) is 4.33. The van der Waals surface area contributed by atoms with Gasteiger partial charge in [-0.25, -0.2) is 0 Å². The molecule has 0 saturated carbocycles. The van der Waals surface area contributed by atoms with Crippen molar-refractivity contribution >= 4 is 11.9 Å². The minimum atomic E-state index is -1.57. The molecule has 0 aromatic heterocycles. The fourth-order valence-electron chi connectivity index (χ4n) is 11.9. The minimum Gasteiger partial charge on any atom is -0.466 e. The standard InChI is InChI=1S/C75H141NO10/c1-3-5-7-9-11-13-15-16-36-40-43-47-51-55-59-63-71(80)84-64-60-56-52-48-44-41-38-35-33-31-29-27-25-23-21-19-17-18-20-22-24-26-28-30-32-34-37-39-42-46-50-54-58-62-70(79)76-67(66-85-75-74(83)73(82)72(81)69(65-77)86-75)68(78)61-57-53-49-45-14-12-10-8-6-4-2/h11,13,16,36,57,61,67-69,72-75,77-78,81-83H,3-10,12,14-15,17-35,37-56,58-60,62-66H2,1-2H3,(H,76,79)/b13-11-,36-16-,61-57+. The average Bonchev–Trinajstić information content (AvgIpc) is 2.52. The number of unbranched alkanes of at least 4 members (excludes halogenated alkanes) is 48. The summed E-state index contributed by atoms with van der Waals surface area (Å²) in [5.41, 5.74) is 0. The van der Waals surface area contributed by atoms with Crippen LogP contribution < -0.4 is 5.32 Å². The lowest BCUT2D eigenvalue weighted by atomic mass is 9.99. The fraction of sp³-hybridized carbons (Fsp3) is 0.893. The summed E-state index contributed by atoms with van der Waals surface area (Å²) in [7, 11) is 0. The Morgan fingerprint density at radius 1 is 0.430 bits per heavy atom. The van der Waals surface area contributed by atoms with Crippen molar-refractivity contribution in [3.8, 4) is 0 Å². The Hall–Kier alpha value is -2.12. The number of amides is 1. The van der Waals surface area contributed by atoms with Crippen LogP contribution in [-0.4, -0.2) is 100 Å². The van der Waals surface area contributed by atoms with Crippen molar-refractivity contribution in [1.29, 1.82) is 0 Å². The summed E-state index contributed by atoms with van der Waals surface area (Å²) in [4.78, 5) is 25.1. The Morgan fingerprint density at radius 2 is 0.779 bits per heavy atom. The van der Waals surface area contributed by atoms with E-state index in [1.807, 2.05) is 6.08 Å². The minimum absolute atomic E-state index is 0.000698. The summed E-state index contributed by atoms with van der Waals surface area (Å²) in [6, 6.07) is -0.805. The molecule has 1 aliphatic rings. The van der Waals surface area contributed by atoms with Crippen LogP contribution in [0.4, 0.5) is 0 Å². The molecule has 1 heterocycles. The molecule has 7 unspecified atom stereocenters. The van der Waals surface area contributed by atoms with Gasteiger partial charge < -0.3 is 45.1 Å². The first kappa shape index (κ1) is 81.9. The average molecular weight is 1220 g/mol. The van der Waals surface area contributed by atoms with E-state index in [0.29, 0.717) is 19.4 Å². The number of esters is 1. The molecule has 0 radical (unpaired) electrons. The van der Waals surface area contributed by atoms with Crippen LogP contribution in [-0.2, 0) is 23.8 Å². The third-order valence-corrected chi connectivity index (χ3v) is 17.7. The number of hydrogen-bond donors (Lipinski definition) is 6. The number of aliphatic hydroxyl groups is 5. The van der Waals surface area contributed by atoms with E-state index in [4.69, 9.17) is 14.2 Å². The number of nitrogens with one attached hydrogen (secondary N) is 1. The lowest BCUT2D eigenvalue weighted by Gasteiger charge is -2.40. The second-order valence-corrected chi connectivity index (χ2v) is 26.0. The van der Waals surface area contributed by atoms with Gasteiger partial charge in [-0.1, -0.05) is 326 Å². The van der Waals surface area contributed by atoms with Crippen LogP contribution in [0, 0.1) is 0 Å². The molecule has 0 aliphatic carbocycles. The lowest BCUT2D eigenvalue weighted by molar-refractivity contribution is -0.302. The van der Waals surface area contributed by atoms with E-state index < -0.39 is 49.5 Å². The SMILES string of the molecule is CCCCC/C=C\C/C=C\CCCCCCCC(=O)OCCCCCCCCCCCCCCCCCCCCCCCCCCCCCCCCCCCC(=O)NC(COC1OC(CO)C(O)C(O)C1O)C(O)/C=C/CCCCCCCCCC. The zero-order chi connectivity index (χ0) is 62.3. The lowest BCUT2D eigenvalue weighted by Crippen LogP contribution is -2.60. The summed E-state index contributed by atoms with van der Waals surface area (Å²) >= 11 is 0. The number of allylic oxidation sites excluding steroid dienone is 5. The Labute approximate surface area is 530 Å². The molecule has 11 nitrogen and oxygen atoms in total. The molecule has 1 saturated heterocycles. The fourth-order valence-corrected chi connectivity index (χ4v) is 11.9. The highest BCUT2D eigenvalue weighted by atomic mass is 16.7. The van der Waals surface area contributed by atoms with Gasteiger partial charge in [-0.05, 0) is 64.2 Å². The van der Waals surface area contributed by atoms with Crippen LogP contribution in [0.25, 0.3) is 0 Å². The Bertz CT molecular complexity index is 1520. The van der Waals surface area contributed by atoms with Gasteiger partial charge in [0.15, 0.2) is 6.29 Å². The molecule has 86 heavy (non-hydrogen) atoms. The van der Waals surface area contributed by atoms with E-state index >= 15 is 0 Å². The largest absolute Gasteiger partial charge is 0.466 e. The summed E-state index contributed by atoms with van der Waals surface area (Å²) in [6.07, 6.45) is 73.1. The maximum atomic E-state index is 13.0. The highest BCUT2D eigenvalue weighted by molar-refractivity contribution is 5.76. The molecule has 0 bridgehead atoms. The molecule has 506 valence electrons. The molecule has 1 rings (SSSR count). The van der Waals surface area contributed by atoms with Crippen molar-refractivity contribution in [3.63, 3.8) is 0 Å². The number of carbonyl (C=O) groups excluding carboxylic acids is 2. The molecule has 11 heteroatoms. The third kappa shape index (κ3) is 52.6. The van der Waals surface area contributed by atoms with Crippen LogP contribution in [0.2, 0.25) is 0 Å². The third-order valence-electron chi connectivity index (χ3n) is 17.7. The van der Waals surface area contributed by atoms with E-state index in [0.717, 1.165) is 64.2 Å². The maximum absolute atomic E-state index is 13.0. The van der Waals surface area contributed by atoms with Crippen LogP contribution in [0.3, 0.4) is 0 Å². The quantitative estimate of drug-likeness (QED) is 0.0195. The zero-order valence-electron chi connectivity index (χ0n) is 56.3. The normalized spacial score (nSPS) is 18.1. The summed E-state index contributed by atoms with van der Waals surface area (Å²) in [5, 5.41) is 54.4. The molecule has 0 aromatic rings. The molecular weight excluding hydrogens is 1070 g/mol. The Morgan fingerprint density at radius 3 is 1.20 bits per heavy atom. The first-order chi connectivity index (χ1) is 42.2. The first-order valence-electron chi connectivity index (χ1n) is 37.3. The smallest absolute Gasteiger partial charge is 0.305 e. The predicted molar refractivity (Wildman–Crippen MR) is 361 cm³/mol. The molecule has 0 aromatic carbocycles. The summed E-state index contributed by atoms with van der Waals surface area (Å²) < 4.78 is 16.7. The van der Waals surface area contributed by atoms with Crippen molar-refractivity contribution in [2.45, 2.75) is 410 Å². The maximum Gasteiger partial charge on any atom is 0.305 e. The molecular formula is C75H141NO10. The molecule has 7 atom stereocenters. The topological polar surface area (TPSA) is 175 Å². The molecule has 0 spiro atoms. The van der Waals surface area contributed by atoms with Gasteiger partial charge in [-0.15, -0.1) is 0 Å². The molecule has 1 amide bonds. The monoisotopic (exact) mass is 1220 g/mol. The van der Waals surface area contributed by atoms with Gasteiger partial charge in [0.2, 0.25) is 5.91 Å². The van der Waals surface area contributed by atoms with E-state index in [2.05, 4.69) is 43.5 Å². The Kier molecular flexibility index (Phi) is 61.3. The van der Waals surface area contributed by atoms with Gasteiger partial charge in [0.1, 0.15) is 24.4 Å². The van der Waals surface area contributed by atoms with Crippen LogP contribution in [0.5, 0.6) is 0 Å².